The number of nitrogens with one attached hydrogen (secondary N) is 2. The zero-order valence-electron chi connectivity index (χ0n) is 11.2. The van der Waals surface area contributed by atoms with E-state index < -0.39 is 18.3 Å². The van der Waals surface area contributed by atoms with Crippen LogP contribution in [-0.4, -0.2) is 45.7 Å². The molecule has 5 atom stereocenters. The molecular formula is C12H27BN2O4S. The molecule has 20 heavy (non-hydrogen) atoms. The number of hydrogen-bond acceptors (Lipinski definition) is 5. The van der Waals surface area contributed by atoms with E-state index in [0.29, 0.717) is 6.04 Å². The zero-order valence-corrected chi connectivity index (χ0v) is 12.1. The van der Waals surface area contributed by atoms with Crippen molar-refractivity contribution in [2.24, 2.45) is 0 Å². The lowest BCUT2D eigenvalue weighted by atomic mass is 9.87. The lowest BCUT2D eigenvalue weighted by Crippen LogP contribution is -2.43. The van der Waals surface area contributed by atoms with Crippen LogP contribution < -0.4 is 9.95 Å². The second-order valence-corrected chi connectivity index (χ2v) is 6.37. The Hall–Kier alpha value is 0.0149. The molecule has 1 heterocycles. The van der Waals surface area contributed by atoms with E-state index >= 15 is 0 Å². The SMILES string of the molecule is C.CB(O)NC1CCCC1O.O=S1NC2CCCC2O1. The molecule has 118 valence electrons. The maximum absolute atomic E-state index is 10.6. The summed E-state index contributed by atoms with van der Waals surface area (Å²) in [6, 6.07) is 0.492. The first kappa shape index (κ1) is 18.1. The van der Waals surface area contributed by atoms with Gasteiger partial charge in [-0.15, -0.1) is 0 Å². The van der Waals surface area contributed by atoms with Gasteiger partial charge >= 0.3 is 7.05 Å². The Morgan fingerprint density at radius 3 is 2.55 bits per heavy atom. The van der Waals surface area contributed by atoms with Crippen molar-refractivity contribution in [2.75, 3.05) is 0 Å². The predicted molar refractivity (Wildman–Crippen MR) is 81.1 cm³/mol. The van der Waals surface area contributed by atoms with E-state index in [9.17, 15) is 9.32 Å². The van der Waals surface area contributed by atoms with E-state index in [-0.39, 0.29) is 25.7 Å². The predicted octanol–water partition coefficient (Wildman–Crippen LogP) is 0.342. The molecule has 4 N–H and O–H groups in total. The highest BCUT2D eigenvalue weighted by Crippen LogP contribution is 2.27. The third kappa shape index (κ3) is 5.09. The molecule has 0 spiro atoms. The van der Waals surface area contributed by atoms with Gasteiger partial charge in [-0.3, -0.25) is 4.18 Å². The third-order valence-corrected chi connectivity index (χ3v) is 4.76. The fraction of sp³-hybridized carbons (Fsp3) is 1.00. The number of rotatable bonds is 2. The summed E-state index contributed by atoms with van der Waals surface area (Å²) >= 11 is -1.18. The largest absolute Gasteiger partial charge is 0.437 e. The average Bonchev–Trinajstić information content (AvgIpc) is 2.96. The van der Waals surface area contributed by atoms with Crippen molar-refractivity contribution in [3.8, 4) is 0 Å². The van der Waals surface area contributed by atoms with Crippen LogP contribution in [0.15, 0.2) is 0 Å². The first-order chi connectivity index (χ1) is 9.06. The van der Waals surface area contributed by atoms with Gasteiger partial charge in [0.25, 0.3) is 0 Å². The maximum Gasteiger partial charge on any atom is 0.373 e. The molecule has 0 aromatic rings. The van der Waals surface area contributed by atoms with Gasteiger partial charge in [-0.05, 0) is 45.3 Å². The van der Waals surface area contributed by atoms with Crippen LogP contribution in [-0.2, 0) is 15.4 Å². The van der Waals surface area contributed by atoms with Crippen LogP contribution in [0.4, 0.5) is 0 Å². The summed E-state index contributed by atoms with van der Waals surface area (Å²) in [5, 5.41) is 21.1. The quantitative estimate of drug-likeness (QED) is 0.552. The summed E-state index contributed by atoms with van der Waals surface area (Å²) < 4.78 is 18.5. The van der Waals surface area contributed by atoms with E-state index in [0.717, 1.165) is 32.1 Å². The van der Waals surface area contributed by atoms with Gasteiger partial charge in [0, 0.05) is 12.1 Å². The van der Waals surface area contributed by atoms with Crippen LogP contribution >= 0.6 is 0 Å². The van der Waals surface area contributed by atoms with Crippen molar-refractivity contribution in [3.05, 3.63) is 0 Å². The summed E-state index contributed by atoms with van der Waals surface area (Å²) in [4.78, 5) is 0. The summed E-state index contributed by atoms with van der Waals surface area (Å²) in [7, 11) is -0.502. The summed E-state index contributed by atoms with van der Waals surface area (Å²) in [5.41, 5.74) is 0. The number of fused-ring (bicyclic) bond motifs is 1. The smallest absolute Gasteiger partial charge is 0.373 e. The van der Waals surface area contributed by atoms with Crippen LogP contribution in [0.3, 0.4) is 0 Å². The molecule has 1 aliphatic heterocycles. The number of aliphatic hydroxyl groups is 1. The first-order valence-electron chi connectivity index (χ1n) is 7.03. The van der Waals surface area contributed by atoms with Gasteiger partial charge in [0.15, 0.2) is 0 Å². The minimum atomic E-state index is -1.18. The van der Waals surface area contributed by atoms with Crippen molar-refractivity contribution < 1.29 is 18.5 Å². The van der Waals surface area contributed by atoms with Crippen LogP contribution in [0, 0.1) is 0 Å². The van der Waals surface area contributed by atoms with Gasteiger partial charge in [-0.25, -0.2) is 8.93 Å². The van der Waals surface area contributed by atoms with Gasteiger partial charge in [-0.2, -0.15) is 0 Å². The van der Waals surface area contributed by atoms with E-state index in [2.05, 4.69) is 9.95 Å². The van der Waals surface area contributed by atoms with E-state index in [4.69, 9.17) is 9.21 Å². The average molecular weight is 306 g/mol. The van der Waals surface area contributed by atoms with Gasteiger partial charge in [0.1, 0.15) is 0 Å². The molecule has 0 bridgehead atoms. The molecule has 0 amide bonds. The molecule has 0 aromatic heterocycles. The Labute approximate surface area is 124 Å². The Bertz CT molecular complexity index is 308. The van der Waals surface area contributed by atoms with Crippen molar-refractivity contribution in [1.29, 1.82) is 0 Å². The summed E-state index contributed by atoms with van der Waals surface area (Å²) in [6.07, 6.45) is 6.29. The topological polar surface area (TPSA) is 90.8 Å². The molecule has 2 saturated carbocycles. The molecule has 6 nitrogen and oxygen atoms in total. The Morgan fingerprint density at radius 1 is 1.30 bits per heavy atom. The highest BCUT2D eigenvalue weighted by molar-refractivity contribution is 7.78. The lowest BCUT2D eigenvalue weighted by Gasteiger charge is -2.16. The molecule has 3 fully saturated rings. The summed E-state index contributed by atoms with van der Waals surface area (Å²) in [6.45, 7) is 1.67. The highest BCUT2D eigenvalue weighted by atomic mass is 32.2. The lowest BCUT2D eigenvalue weighted by molar-refractivity contribution is 0.157. The first-order valence-corrected chi connectivity index (χ1v) is 8.11. The Morgan fingerprint density at radius 2 is 2.00 bits per heavy atom. The summed E-state index contributed by atoms with van der Waals surface area (Å²) in [5.74, 6) is 0. The van der Waals surface area contributed by atoms with Crippen molar-refractivity contribution in [1.82, 2.24) is 9.95 Å². The van der Waals surface area contributed by atoms with Crippen molar-refractivity contribution in [2.45, 2.75) is 77.1 Å². The molecular weight excluding hydrogens is 279 g/mol. The standard InChI is InChI=1S/C6H14BNO2.C5H9NO2S.CH4/c1-7(10)8-5-3-2-4-6(5)9;7-9-6-4-2-1-3-5(4)8-9;/h5-6,8-10H,2-4H2,1H3;4-6H,1-3H2;1H4. The highest BCUT2D eigenvalue weighted by Gasteiger charge is 2.36. The normalized spacial score (nSPS) is 38.6. The van der Waals surface area contributed by atoms with Gasteiger partial charge < -0.3 is 15.4 Å². The second-order valence-electron chi connectivity index (χ2n) is 5.47. The molecule has 8 heteroatoms. The fourth-order valence-electron chi connectivity index (χ4n) is 2.88. The Balaban J connectivity index is 0.000000191. The number of hydrogen-bond donors (Lipinski definition) is 4. The van der Waals surface area contributed by atoms with Crippen molar-refractivity contribution in [3.63, 3.8) is 0 Å². The van der Waals surface area contributed by atoms with Gasteiger partial charge in [0.05, 0.1) is 12.2 Å². The molecule has 3 aliphatic rings. The van der Waals surface area contributed by atoms with E-state index in [1.807, 2.05) is 0 Å². The van der Waals surface area contributed by atoms with Crippen molar-refractivity contribution >= 4 is 18.3 Å². The molecule has 5 unspecified atom stereocenters. The zero-order chi connectivity index (χ0) is 13.8. The van der Waals surface area contributed by atoms with E-state index in [1.54, 1.807) is 6.82 Å². The Kier molecular flexibility index (Phi) is 7.64. The molecule has 1 saturated heterocycles. The van der Waals surface area contributed by atoms with Crippen LogP contribution in [0.25, 0.3) is 0 Å². The molecule has 3 rings (SSSR count). The third-order valence-electron chi connectivity index (χ3n) is 3.85. The maximum atomic E-state index is 10.6. The van der Waals surface area contributed by atoms with Gasteiger partial charge in [-0.1, -0.05) is 7.43 Å². The molecule has 0 radical (unpaired) electrons. The molecule has 0 aromatic carbocycles. The fourth-order valence-corrected chi connectivity index (χ4v) is 3.91. The van der Waals surface area contributed by atoms with E-state index in [1.165, 1.54) is 6.42 Å². The van der Waals surface area contributed by atoms with Crippen LogP contribution in [0.5, 0.6) is 0 Å². The van der Waals surface area contributed by atoms with Crippen LogP contribution in [0.2, 0.25) is 6.82 Å². The molecule has 2 aliphatic carbocycles. The van der Waals surface area contributed by atoms with Gasteiger partial charge in [0.2, 0.25) is 11.3 Å². The number of aliphatic hydroxyl groups excluding tert-OH is 1. The van der Waals surface area contributed by atoms with Crippen LogP contribution in [0.1, 0.15) is 46.0 Å². The monoisotopic (exact) mass is 306 g/mol. The minimum absolute atomic E-state index is 0. The minimum Gasteiger partial charge on any atom is -0.437 e. The second kappa shape index (κ2) is 8.46.